The molecule has 0 atom stereocenters. The van der Waals surface area contributed by atoms with Gasteiger partial charge in [-0.2, -0.15) is 0 Å². The van der Waals surface area contributed by atoms with Crippen LogP contribution in [0.1, 0.15) is 21.7 Å². The minimum atomic E-state index is -1.04. The third-order valence-electron chi connectivity index (χ3n) is 2.91. The Balaban J connectivity index is 2.17. The van der Waals surface area contributed by atoms with Gasteiger partial charge in [-0.15, -0.1) is 0 Å². The number of carboxylic acids is 1. The first kappa shape index (κ1) is 11.7. The Morgan fingerprint density at radius 2 is 2.00 bits per heavy atom. The van der Waals surface area contributed by atoms with Crippen LogP contribution >= 0.6 is 0 Å². The van der Waals surface area contributed by atoms with E-state index in [-0.39, 0.29) is 11.5 Å². The number of hydrogen-bond acceptors (Lipinski definition) is 6. The van der Waals surface area contributed by atoms with Crippen molar-refractivity contribution < 1.29 is 9.90 Å². The molecule has 0 fully saturated rings. The number of aromatic nitrogens is 4. The summed E-state index contributed by atoms with van der Waals surface area (Å²) in [5.41, 5.74) is 1.46. The SMILES string of the molecule is O=C(O)c1nc(-c2ncccn2)nc2c1CCNC2. The van der Waals surface area contributed by atoms with Gasteiger partial charge in [0.15, 0.2) is 17.3 Å². The van der Waals surface area contributed by atoms with Crippen LogP contribution in [0.5, 0.6) is 0 Å². The van der Waals surface area contributed by atoms with Gasteiger partial charge < -0.3 is 10.4 Å². The predicted molar refractivity (Wildman–Crippen MR) is 65.4 cm³/mol. The average Bonchev–Trinajstić information content (AvgIpc) is 2.47. The summed E-state index contributed by atoms with van der Waals surface area (Å²) >= 11 is 0. The van der Waals surface area contributed by atoms with Crippen molar-refractivity contribution >= 4 is 5.97 Å². The molecule has 7 heteroatoms. The van der Waals surface area contributed by atoms with Crippen molar-refractivity contribution in [3.63, 3.8) is 0 Å². The fraction of sp³-hybridized carbons (Fsp3) is 0.250. The lowest BCUT2D eigenvalue weighted by Gasteiger charge is -2.18. The molecule has 1 aliphatic rings. The number of aromatic carboxylic acids is 1. The lowest BCUT2D eigenvalue weighted by molar-refractivity contribution is 0.0688. The summed E-state index contributed by atoms with van der Waals surface area (Å²) < 4.78 is 0. The molecule has 7 nitrogen and oxygen atoms in total. The monoisotopic (exact) mass is 257 g/mol. The maximum absolute atomic E-state index is 11.3. The van der Waals surface area contributed by atoms with Crippen molar-refractivity contribution in [3.05, 3.63) is 35.4 Å². The van der Waals surface area contributed by atoms with Crippen molar-refractivity contribution in [1.82, 2.24) is 25.3 Å². The van der Waals surface area contributed by atoms with Gasteiger partial charge in [0.05, 0.1) is 5.69 Å². The Morgan fingerprint density at radius 1 is 1.21 bits per heavy atom. The van der Waals surface area contributed by atoms with Crippen LogP contribution in [0.3, 0.4) is 0 Å². The second kappa shape index (κ2) is 4.69. The zero-order chi connectivity index (χ0) is 13.2. The molecule has 2 aromatic rings. The van der Waals surface area contributed by atoms with Crippen LogP contribution in [0, 0.1) is 0 Å². The van der Waals surface area contributed by atoms with Crippen molar-refractivity contribution in [3.8, 4) is 11.6 Å². The average molecular weight is 257 g/mol. The molecule has 0 spiro atoms. The number of carboxylic acid groups (broad SMARTS) is 1. The summed E-state index contributed by atoms with van der Waals surface area (Å²) in [7, 11) is 0. The van der Waals surface area contributed by atoms with Gasteiger partial charge in [0, 0.05) is 24.5 Å². The summed E-state index contributed by atoms with van der Waals surface area (Å²) in [5.74, 6) is -0.462. The van der Waals surface area contributed by atoms with Crippen LogP contribution in [0.2, 0.25) is 0 Å². The number of carbonyl (C=O) groups is 1. The van der Waals surface area contributed by atoms with Gasteiger partial charge in [-0.1, -0.05) is 0 Å². The molecular weight excluding hydrogens is 246 g/mol. The number of rotatable bonds is 2. The van der Waals surface area contributed by atoms with E-state index in [4.69, 9.17) is 0 Å². The van der Waals surface area contributed by atoms with Crippen molar-refractivity contribution in [2.75, 3.05) is 6.54 Å². The van der Waals surface area contributed by atoms with Crippen molar-refractivity contribution in [1.29, 1.82) is 0 Å². The standard InChI is InChI=1S/C12H11N5O2/c18-12(19)9-7-2-5-13-6-8(7)16-11(17-9)10-14-3-1-4-15-10/h1,3-4,13H,2,5-6H2,(H,18,19). The highest BCUT2D eigenvalue weighted by Crippen LogP contribution is 2.19. The van der Waals surface area contributed by atoms with Gasteiger partial charge in [-0.3, -0.25) is 0 Å². The first-order chi connectivity index (χ1) is 9.25. The Labute approximate surface area is 108 Å². The van der Waals surface area contributed by atoms with Gasteiger partial charge in [-0.25, -0.2) is 24.7 Å². The quantitative estimate of drug-likeness (QED) is 0.796. The molecule has 0 saturated heterocycles. The Hall–Kier alpha value is -2.41. The molecule has 2 N–H and O–H groups in total. The Bertz CT molecular complexity index is 630. The van der Waals surface area contributed by atoms with Crippen molar-refractivity contribution in [2.45, 2.75) is 13.0 Å². The third-order valence-corrected chi connectivity index (χ3v) is 2.91. The number of nitrogens with one attached hydrogen (secondary N) is 1. The molecule has 2 aromatic heterocycles. The van der Waals surface area contributed by atoms with Gasteiger partial charge in [0.2, 0.25) is 0 Å². The van der Waals surface area contributed by atoms with E-state index < -0.39 is 5.97 Å². The molecule has 1 aliphatic heterocycles. The summed E-state index contributed by atoms with van der Waals surface area (Å²) in [6.07, 6.45) is 3.76. The zero-order valence-corrected chi connectivity index (χ0v) is 10.00. The molecule has 0 bridgehead atoms. The van der Waals surface area contributed by atoms with E-state index in [0.29, 0.717) is 30.0 Å². The van der Waals surface area contributed by atoms with Gasteiger partial charge in [-0.05, 0) is 19.0 Å². The molecule has 0 amide bonds. The summed E-state index contributed by atoms with van der Waals surface area (Å²) in [6, 6.07) is 1.68. The summed E-state index contributed by atoms with van der Waals surface area (Å²) in [4.78, 5) is 27.9. The highest BCUT2D eigenvalue weighted by Gasteiger charge is 2.22. The maximum Gasteiger partial charge on any atom is 0.354 e. The zero-order valence-electron chi connectivity index (χ0n) is 10.00. The van der Waals surface area contributed by atoms with Gasteiger partial charge >= 0.3 is 5.97 Å². The number of hydrogen-bond donors (Lipinski definition) is 2. The van der Waals surface area contributed by atoms with Crippen LogP contribution in [-0.4, -0.2) is 37.6 Å². The van der Waals surface area contributed by atoms with E-state index in [2.05, 4.69) is 25.3 Å². The van der Waals surface area contributed by atoms with E-state index in [0.717, 1.165) is 6.54 Å². The Kier molecular flexibility index (Phi) is 2.88. The maximum atomic E-state index is 11.3. The summed E-state index contributed by atoms with van der Waals surface area (Å²) in [6.45, 7) is 1.27. The molecule has 0 saturated carbocycles. The molecule has 0 unspecified atom stereocenters. The second-order valence-corrected chi connectivity index (χ2v) is 4.13. The lowest BCUT2D eigenvalue weighted by atomic mass is 10.0. The van der Waals surface area contributed by atoms with E-state index in [1.54, 1.807) is 18.5 Å². The van der Waals surface area contributed by atoms with Crippen LogP contribution in [-0.2, 0) is 13.0 Å². The topological polar surface area (TPSA) is 101 Å². The minimum Gasteiger partial charge on any atom is -0.476 e. The van der Waals surface area contributed by atoms with Crippen LogP contribution in [0.25, 0.3) is 11.6 Å². The van der Waals surface area contributed by atoms with Crippen LogP contribution < -0.4 is 5.32 Å². The molecule has 96 valence electrons. The largest absolute Gasteiger partial charge is 0.476 e. The molecular formula is C12H11N5O2. The highest BCUT2D eigenvalue weighted by molar-refractivity contribution is 5.88. The normalized spacial score (nSPS) is 13.9. The number of nitrogens with zero attached hydrogens (tertiary/aromatic N) is 4. The van der Waals surface area contributed by atoms with E-state index >= 15 is 0 Å². The highest BCUT2D eigenvalue weighted by atomic mass is 16.4. The number of fused-ring (bicyclic) bond motifs is 1. The van der Waals surface area contributed by atoms with Crippen LogP contribution in [0.15, 0.2) is 18.5 Å². The first-order valence-electron chi connectivity index (χ1n) is 5.87. The van der Waals surface area contributed by atoms with E-state index in [1.165, 1.54) is 0 Å². The minimum absolute atomic E-state index is 0.0500. The molecule has 0 aliphatic carbocycles. The molecule has 0 radical (unpaired) electrons. The third kappa shape index (κ3) is 2.15. The molecule has 3 rings (SSSR count). The second-order valence-electron chi connectivity index (χ2n) is 4.13. The smallest absolute Gasteiger partial charge is 0.354 e. The van der Waals surface area contributed by atoms with Crippen LogP contribution in [0.4, 0.5) is 0 Å². The Morgan fingerprint density at radius 3 is 2.74 bits per heavy atom. The molecule has 19 heavy (non-hydrogen) atoms. The van der Waals surface area contributed by atoms with E-state index in [1.807, 2.05) is 0 Å². The lowest BCUT2D eigenvalue weighted by Crippen LogP contribution is -2.28. The molecule has 3 heterocycles. The fourth-order valence-electron chi connectivity index (χ4n) is 2.05. The van der Waals surface area contributed by atoms with Crippen molar-refractivity contribution in [2.24, 2.45) is 0 Å². The summed E-state index contributed by atoms with van der Waals surface area (Å²) in [5, 5.41) is 12.4. The fourth-order valence-corrected chi connectivity index (χ4v) is 2.05. The van der Waals surface area contributed by atoms with Gasteiger partial charge in [0.1, 0.15) is 0 Å². The molecule has 0 aromatic carbocycles. The predicted octanol–water partition coefficient (Wildman–Crippen LogP) is 0.277. The van der Waals surface area contributed by atoms with Gasteiger partial charge in [0.25, 0.3) is 0 Å². The van der Waals surface area contributed by atoms with E-state index in [9.17, 15) is 9.90 Å². The first-order valence-corrected chi connectivity index (χ1v) is 5.87.